The van der Waals surface area contributed by atoms with Crippen molar-refractivity contribution in [3.63, 3.8) is 0 Å². The lowest BCUT2D eigenvalue weighted by molar-refractivity contribution is -0.133. The molecule has 13 nitrogen and oxygen atoms in total. The molecule has 2 aliphatic heterocycles. The quantitative estimate of drug-likeness (QED) is 0.346. The Morgan fingerprint density at radius 1 is 1.08 bits per heavy atom. The van der Waals surface area contributed by atoms with Gasteiger partial charge in [0.15, 0.2) is 0 Å². The number of methoxy groups -OCH3 is 1. The number of halogens is 2. The summed E-state index contributed by atoms with van der Waals surface area (Å²) >= 11 is 6.25. The third-order valence-electron chi connectivity index (χ3n) is 8.80. The number of carbonyl (C=O) groups excluding carboxylic acids is 3. The molecule has 50 heavy (non-hydrogen) atoms. The van der Waals surface area contributed by atoms with E-state index in [0.29, 0.717) is 44.6 Å². The number of nitrogens with one attached hydrogen (secondary N) is 2. The van der Waals surface area contributed by atoms with E-state index in [1.54, 1.807) is 43.7 Å². The molecule has 15 heteroatoms. The Morgan fingerprint density at radius 2 is 1.80 bits per heavy atom. The molecule has 2 aromatic carbocycles. The van der Waals surface area contributed by atoms with Gasteiger partial charge >= 0.3 is 17.8 Å². The highest BCUT2D eigenvalue weighted by Gasteiger charge is 2.32. The average molecular weight is 713 g/mol. The third kappa shape index (κ3) is 8.12. The molecule has 3 aromatic rings. The molecule has 1 aromatic heterocycles. The van der Waals surface area contributed by atoms with E-state index in [-0.39, 0.29) is 40.7 Å². The number of fused-ring (bicyclic) bond motifs is 1. The van der Waals surface area contributed by atoms with Crippen molar-refractivity contribution in [2.75, 3.05) is 38.7 Å². The largest absolute Gasteiger partial charge is 0.497 e. The number of amides is 4. The van der Waals surface area contributed by atoms with E-state index in [0.717, 1.165) is 26.5 Å². The van der Waals surface area contributed by atoms with Crippen molar-refractivity contribution in [2.24, 2.45) is 0 Å². The Bertz CT molecular complexity index is 1900. The van der Waals surface area contributed by atoms with E-state index in [4.69, 9.17) is 21.1 Å². The molecule has 0 radical (unpaired) electrons. The fourth-order valence-corrected chi connectivity index (χ4v) is 6.44. The van der Waals surface area contributed by atoms with Crippen LogP contribution < -0.4 is 26.6 Å². The smallest absolute Gasteiger partial charge is 0.407 e. The van der Waals surface area contributed by atoms with Crippen LogP contribution in [0.3, 0.4) is 0 Å². The minimum Gasteiger partial charge on any atom is -0.497 e. The van der Waals surface area contributed by atoms with Gasteiger partial charge in [0, 0.05) is 48.7 Å². The molecule has 4 amide bonds. The van der Waals surface area contributed by atoms with Gasteiger partial charge in [0.2, 0.25) is 5.91 Å². The topological polar surface area (TPSA) is 144 Å². The van der Waals surface area contributed by atoms with Gasteiger partial charge in [-0.15, -0.1) is 0 Å². The number of hydrogen-bond acceptors (Lipinski definition) is 7. The van der Waals surface area contributed by atoms with Gasteiger partial charge < -0.3 is 29.9 Å². The second-order valence-corrected chi connectivity index (χ2v) is 13.9. The Labute approximate surface area is 293 Å². The Morgan fingerprint density at radius 3 is 2.48 bits per heavy atom. The van der Waals surface area contributed by atoms with Gasteiger partial charge in [-0.25, -0.2) is 18.8 Å². The number of anilines is 1. The molecule has 1 unspecified atom stereocenters. The summed E-state index contributed by atoms with van der Waals surface area (Å²) in [6.07, 6.45) is 2.18. The van der Waals surface area contributed by atoms with Gasteiger partial charge in [-0.1, -0.05) is 23.7 Å². The molecule has 5 rings (SSSR count). The summed E-state index contributed by atoms with van der Waals surface area (Å²) in [6.45, 7) is 7.29. The van der Waals surface area contributed by atoms with Crippen LogP contribution in [0.4, 0.5) is 19.7 Å². The monoisotopic (exact) mass is 712 g/mol. The van der Waals surface area contributed by atoms with Crippen molar-refractivity contribution in [1.82, 2.24) is 24.3 Å². The van der Waals surface area contributed by atoms with Crippen LogP contribution in [0.15, 0.2) is 52.2 Å². The fourth-order valence-electron chi connectivity index (χ4n) is 6.21. The third-order valence-corrected chi connectivity index (χ3v) is 9.19. The van der Waals surface area contributed by atoms with Crippen LogP contribution >= 0.6 is 11.6 Å². The molecule has 2 aliphatic rings. The van der Waals surface area contributed by atoms with Crippen molar-refractivity contribution in [3.8, 4) is 16.9 Å². The average Bonchev–Trinajstić information content (AvgIpc) is 3.23. The summed E-state index contributed by atoms with van der Waals surface area (Å²) < 4.78 is 27.1. The summed E-state index contributed by atoms with van der Waals surface area (Å²) in [5.41, 5.74) is -0.500. The number of nitrogens with zero attached hydrogens (tertiary/aromatic N) is 4. The lowest BCUT2D eigenvalue weighted by atomic mass is 10.0. The van der Waals surface area contributed by atoms with E-state index in [2.05, 4.69) is 10.6 Å². The molecule has 0 bridgehead atoms. The second-order valence-electron chi connectivity index (χ2n) is 13.6. The first-order valence-corrected chi connectivity index (χ1v) is 16.8. The molecule has 0 saturated carbocycles. The van der Waals surface area contributed by atoms with Gasteiger partial charge in [-0.2, -0.15) is 0 Å². The molecule has 1 saturated heterocycles. The molecule has 268 valence electrons. The number of aromatic nitrogens is 2. The van der Waals surface area contributed by atoms with Gasteiger partial charge in [0.05, 0.1) is 23.7 Å². The van der Waals surface area contributed by atoms with Crippen LogP contribution in [0.2, 0.25) is 5.02 Å². The minimum atomic E-state index is -0.947. The van der Waals surface area contributed by atoms with E-state index < -0.39 is 41.3 Å². The lowest BCUT2D eigenvalue weighted by Crippen LogP contribution is -2.51. The predicted octanol–water partition coefficient (Wildman–Crippen LogP) is 4.65. The number of piperidine rings is 1. The normalized spacial score (nSPS) is 15.9. The SMILES string of the molecule is COc1ccc2c(c1)CCN(C1CCN(C(=O)Cn3cc(-c4cccc(F)c4Cl)c(=O)n(C(C)COC(=O)NC(C)(C)C)c3=O)CC1)C(=O)N2. The minimum absolute atomic E-state index is 0.0438. The first-order valence-electron chi connectivity index (χ1n) is 16.4. The van der Waals surface area contributed by atoms with Crippen molar-refractivity contribution < 1.29 is 28.2 Å². The predicted molar refractivity (Wildman–Crippen MR) is 186 cm³/mol. The molecular formula is C35H42ClFN6O7. The van der Waals surface area contributed by atoms with Crippen LogP contribution in [-0.4, -0.2) is 81.9 Å². The number of rotatable bonds is 8. The molecule has 3 heterocycles. The summed E-state index contributed by atoms with van der Waals surface area (Å²) in [7, 11) is 1.59. The van der Waals surface area contributed by atoms with Crippen LogP contribution in [-0.2, 0) is 22.5 Å². The molecule has 0 spiro atoms. The fraction of sp³-hybridized carbons (Fsp3) is 0.457. The Kier molecular flexibility index (Phi) is 10.9. The highest BCUT2D eigenvalue weighted by molar-refractivity contribution is 6.33. The second kappa shape index (κ2) is 15.0. The molecule has 0 aliphatic carbocycles. The lowest BCUT2D eigenvalue weighted by Gasteiger charge is -2.38. The van der Waals surface area contributed by atoms with E-state index in [1.807, 2.05) is 12.1 Å². The molecule has 1 atom stereocenters. The number of benzene rings is 2. The maximum atomic E-state index is 14.5. The van der Waals surface area contributed by atoms with E-state index >= 15 is 0 Å². The first kappa shape index (κ1) is 36.4. The first-order chi connectivity index (χ1) is 23.7. The number of likely N-dealkylation sites (tertiary alicyclic amines) is 1. The zero-order chi connectivity index (χ0) is 36.3. The highest BCUT2D eigenvalue weighted by atomic mass is 35.5. The van der Waals surface area contributed by atoms with Crippen LogP contribution in [0.5, 0.6) is 5.75 Å². The molecular weight excluding hydrogens is 671 g/mol. The molecule has 1 fully saturated rings. The van der Waals surface area contributed by atoms with Crippen molar-refractivity contribution in [2.45, 2.75) is 71.1 Å². The molecule has 2 N–H and O–H groups in total. The number of hydrogen-bond donors (Lipinski definition) is 2. The van der Waals surface area contributed by atoms with Crippen LogP contribution in [0.25, 0.3) is 11.1 Å². The van der Waals surface area contributed by atoms with Gasteiger partial charge in [0.25, 0.3) is 5.56 Å². The standard InChI is InChI=1S/C35H42ClFN6O7/c1-21(20-50-33(47)39-35(2,3)4)43-31(45)26(25-7-6-8-27(37)30(25)36)18-41(34(43)48)19-29(44)40-14-12-23(13-15-40)42-16-11-22-17-24(49-5)9-10-28(22)38-32(42)46/h6-10,17-18,21,23H,11-16,19-20H2,1-5H3,(H,38,46)(H,39,47). The van der Waals surface area contributed by atoms with Gasteiger partial charge in [-0.3, -0.25) is 18.7 Å². The zero-order valence-corrected chi connectivity index (χ0v) is 29.5. The maximum Gasteiger partial charge on any atom is 0.407 e. The Hall–Kier alpha value is -4.85. The number of urea groups is 1. The summed E-state index contributed by atoms with van der Waals surface area (Å²) in [4.78, 5) is 70.0. The number of alkyl carbamates (subject to hydrolysis) is 1. The van der Waals surface area contributed by atoms with Crippen molar-refractivity contribution in [1.29, 1.82) is 0 Å². The highest BCUT2D eigenvalue weighted by Crippen LogP contribution is 2.29. The zero-order valence-electron chi connectivity index (χ0n) is 28.8. The maximum absolute atomic E-state index is 14.5. The van der Waals surface area contributed by atoms with Crippen molar-refractivity contribution >= 4 is 35.3 Å². The van der Waals surface area contributed by atoms with Crippen LogP contribution in [0, 0.1) is 5.82 Å². The van der Waals surface area contributed by atoms with E-state index in [1.165, 1.54) is 25.3 Å². The summed E-state index contributed by atoms with van der Waals surface area (Å²) in [6, 6.07) is 8.26. The van der Waals surface area contributed by atoms with Gasteiger partial charge in [0.1, 0.15) is 24.7 Å². The summed E-state index contributed by atoms with van der Waals surface area (Å²) in [5, 5.41) is 5.32. The van der Waals surface area contributed by atoms with Gasteiger partial charge in [-0.05, 0) is 76.8 Å². The number of ether oxygens (including phenoxy) is 2. The van der Waals surface area contributed by atoms with E-state index in [9.17, 15) is 28.4 Å². The van der Waals surface area contributed by atoms with Crippen molar-refractivity contribution in [3.05, 3.63) is 79.8 Å². The summed E-state index contributed by atoms with van der Waals surface area (Å²) in [5.74, 6) is -0.422. The van der Waals surface area contributed by atoms with Crippen LogP contribution in [0.1, 0.15) is 52.1 Å². The Balaban J connectivity index is 1.33. The number of carbonyl (C=O) groups is 3.